The van der Waals surface area contributed by atoms with Crippen LogP contribution in [-0.2, 0) is 17.4 Å². The highest BCUT2D eigenvalue weighted by Gasteiger charge is 2.31. The predicted molar refractivity (Wildman–Crippen MR) is 113 cm³/mol. The zero-order valence-electron chi connectivity index (χ0n) is 16.9. The number of halogens is 4. The molecule has 0 saturated carbocycles. The van der Waals surface area contributed by atoms with E-state index in [4.69, 9.17) is 21.2 Å². The molecule has 0 amide bonds. The second-order valence-corrected chi connectivity index (χ2v) is 7.65. The van der Waals surface area contributed by atoms with Gasteiger partial charge in [-0.2, -0.15) is 23.4 Å². The highest BCUT2D eigenvalue weighted by Crippen LogP contribution is 2.33. The highest BCUT2D eigenvalue weighted by atomic mass is 35.5. The van der Waals surface area contributed by atoms with E-state index in [0.717, 1.165) is 23.3 Å². The van der Waals surface area contributed by atoms with Crippen molar-refractivity contribution in [2.45, 2.75) is 25.6 Å². The molecule has 1 aromatic heterocycles. The van der Waals surface area contributed by atoms with E-state index in [2.05, 4.69) is 20.7 Å². The predicted octanol–water partition coefficient (Wildman–Crippen LogP) is 5.14. The second kappa shape index (κ2) is 9.13. The van der Waals surface area contributed by atoms with Crippen molar-refractivity contribution in [2.75, 3.05) is 6.61 Å². The number of aryl methyl sites for hydroxylation is 1. The van der Waals surface area contributed by atoms with E-state index in [0.29, 0.717) is 29.4 Å². The first-order valence-corrected chi connectivity index (χ1v) is 10.0. The fraction of sp³-hybridized carbons (Fsp3) is 0.227. The maximum Gasteiger partial charge on any atom is 0.416 e. The van der Waals surface area contributed by atoms with Gasteiger partial charge in [0, 0.05) is 5.02 Å². The number of nitrogens with one attached hydrogen (secondary N) is 1. The average Bonchev–Trinajstić information content (AvgIpc) is 2.76. The van der Waals surface area contributed by atoms with Gasteiger partial charge in [-0.05, 0) is 48.7 Å². The number of ether oxygens (including phenoxy) is 1. The average molecular weight is 463 g/mol. The van der Waals surface area contributed by atoms with Crippen LogP contribution in [0.3, 0.4) is 0 Å². The van der Waals surface area contributed by atoms with Crippen LogP contribution in [0, 0.1) is 6.92 Å². The quantitative estimate of drug-likeness (QED) is 0.568. The number of rotatable bonds is 5. The molecular weight excluding hydrogens is 445 g/mol. The number of amidine groups is 1. The lowest BCUT2D eigenvalue weighted by atomic mass is 10.0. The number of hydrogen-bond acceptors (Lipinski definition) is 6. The van der Waals surface area contributed by atoms with Gasteiger partial charge in [0.15, 0.2) is 11.6 Å². The van der Waals surface area contributed by atoms with E-state index in [9.17, 15) is 13.2 Å². The van der Waals surface area contributed by atoms with Gasteiger partial charge in [-0.1, -0.05) is 29.8 Å². The van der Waals surface area contributed by atoms with Crippen molar-refractivity contribution in [2.24, 2.45) is 4.99 Å². The summed E-state index contributed by atoms with van der Waals surface area (Å²) >= 11 is 6.34. The summed E-state index contributed by atoms with van der Waals surface area (Å²) in [5.41, 5.74) is 4.30. The van der Waals surface area contributed by atoms with Gasteiger partial charge in [-0.25, -0.2) is 5.48 Å². The van der Waals surface area contributed by atoms with Gasteiger partial charge in [-0.15, -0.1) is 0 Å². The van der Waals surface area contributed by atoms with E-state index < -0.39 is 11.7 Å². The largest absolute Gasteiger partial charge is 0.455 e. The fourth-order valence-electron chi connectivity index (χ4n) is 3.19. The first-order chi connectivity index (χ1) is 15.3. The smallest absolute Gasteiger partial charge is 0.416 e. The molecule has 32 heavy (non-hydrogen) atoms. The molecular formula is C22H18ClF3N4O2. The van der Waals surface area contributed by atoms with Crippen LogP contribution in [0.5, 0.6) is 11.5 Å². The van der Waals surface area contributed by atoms with Crippen molar-refractivity contribution in [1.82, 2.24) is 15.7 Å². The monoisotopic (exact) mass is 462 g/mol. The number of aromatic nitrogens is 2. The molecule has 0 saturated heterocycles. The van der Waals surface area contributed by atoms with Gasteiger partial charge in [0.25, 0.3) is 0 Å². The Balaban J connectivity index is 1.59. The number of alkyl halides is 3. The number of benzene rings is 2. The van der Waals surface area contributed by atoms with Crippen LogP contribution in [-0.4, -0.2) is 28.7 Å². The summed E-state index contributed by atoms with van der Waals surface area (Å²) in [5, 5.41) is 8.27. The lowest BCUT2D eigenvalue weighted by Crippen LogP contribution is -2.37. The third-order valence-corrected chi connectivity index (χ3v) is 5.11. The zero-order chi connectivity index (χ0) is 22.7. The summed E-state index contributed by atoms with van der Waals surface area (Å²) in [7, 11) is 0. The van der Waals surface area contributed by atoms with E-state index in [1.807, 2.05) is 25.1 Å². The Morgan fingerprint density at radius 3 is 2.75 bits per heavy atom. The minimum atomic E-state index is -4.48. The minimum Gasteiger partial charge on any atom is -0.455 e. The molecule has 1 aliphatic heterocycles. The van der Waals surface area contributed by atoms with Crippen LogP contribution in [0.2, 0.25) is 5.02 Å². The fourth-order valence-corrected chi connectivity index (χ4v) is 3.50. The SMILES string of the molecule is Cc1ccc(CC2CONC(c3cnncc3Oc3cccc(C(F)(F)F)c3)=N2)c(Cl)c1. The molecule has 3 aromatic rings. The summed E-state index contributed by atoms with van der Waals surface area (Å²) in [5.74, 6) is 0.527. The molecule has 2 heterocycles. The molecule has 4 rings (SSSR count). The lowest BCUT2D eigenvalue weighted by Gasteiger charge is -2.23. The molecule has 0 radical (unpaired) electrons. The lowest BCUT2D eigenvalue weighted by molar-refractivity contribution is -0.137. The van der Waals surface area contributed by atoms with Crippen molar-refractivity contribution < 1.29 is 22.7 Å². The van der Waals surface area contributed by atoms with Gasteiger partial charge in [0.2, 0.25) is 0 Å². The van der Waals surface area contributed by atoms with Crippen LogP contribution >= 0.6 is 11.6 Å². The molecule has 0 bridgehead atoms. The Morgan fingerprint density at radius 1 is 1.16 bits per heavy atom. The summed E-state index contributed by atoms with van der Waals surface area (Å²) in [6, 6.07) is 10.2. The van der Waals surface area contributed by atoms with E-state index in [1.165, 1.54) is 24.5 Å². The highest BCUT2D eigenvalue weighted by molar-refractivity contribution is 6.31. The molecule has 1 unspecified atom stereocenters. The molecule has 10 heteroatoms. The first-order valence-electron chi connectivity index (χ1n) is 9.66. The minimum absolute atomic E-state index is 0.00869. The summed E-state index contributed by atoms with van der Waals surface area (Å²) in [4.78, 5) is 10.1. The molecule has 1 aliphatic rings. The molecule has 2 aromatic carbocycles. The van der Waals surface area contributed by atoms with Gasteiger partial charge in [0.1, 0.15) is 5.75 Å². The van der Waals surface area contributed by atoms with Crippen molar-refractivity contribution >= 4 is 17.4 Å². The van der Waals surface area contributed by atoms with Gasteiger partial charge >= 0.3 is 6.18 Å². The maximum atomic E-state index is 13.0. The van der Waals surface area contributed by atoms with Crippen LogP contribution in [0.4, 0.5) is 13.2 Å². The molecule has 0 aliphatic carbocycles. The molecule has 0 spiro atoms. The van der Waals surface area contributed by atoms with Gasteiger partial charge < -0.3 is 4.74 Å². The molecule has 1 atom stereocenters. The van der Waals surface area contributed by atoms with Crippen LogP contribution in [0.1, 0.15) is 22.3 Å². The third-order valence-electron chi connectivity index (χ3n) is 4.76. The third kappa shape index (κ3) is 5.17. The van der Waals surface area contributed by atoms with Crippen molar-refractivity contribution in [1.29, 1.82) is 0 Å². The van der Waals surface area contributed by atoms with E-state index in [1.54, 1.807) is 0 Å². The Labute approximate surface area is 187 Å². The Bertz CT molecular complexity index is 1150. The molecule has 6 nitrogen and oxygen atoms in total. The molecule has 1 N–H and O–H groups in total. The van der Waals surface area contributed by atoms with Crippen molar-refractivity contribution in [3.05, 3.63) is 82.1 Å². The van der Waals surface area contributed by atoms with Crippen LogP contribution < -0.4 is 10.2 Å². The second-order valence-electron chi connectivity index (χ2n) is 7.24. The van der Waals surface area contributed by atoms with Crippen molar-refractivity contribution in [3.8, 4) is 11.5 Å². The summed E-state index contributed by atoms with van der Waals surface area (Å²) < 4.78 is 44.7. The Morgan fingerprint density at radius 2 is 1.97 bits per heavy atom. The first kappa shape index (κ1) is 22.0. The molecule has 0 fully saturated rings. The van der Waals surface area contributed by atoms with Crippen LogP contribution in [0.15, 0.2) is 59.9 Å². The number of aliphatic imine (C=N–C) groups is 1. The molecule has 166 valence electrons. The Hall–Kier alpha value is -3.17. The normalized spacial score (nSPS) is 16.3. The van der Waals surface area contributed by atoms with E-state index in [-0.39, 0.29) is 17.5 Å². The van der Waals surface area contributed by atoms with Crippen molar-refractivity contribution in [3.63, 3.8) is 0 Å². The summed E-state index contributed by atoms with van der Waals surface area (Å²) in [6.45, 7) is 2.28. The number of nitrogens with zero attached hydrogens (tertiary/aromatic N) is 3. The summed E-state index contributed by atoms with van der Waals surface area (Å²) in [6.07, 6.45) is -1.22. The zero-order valence-corrected chi connectivity index (χ0v) is 17.6. The Kier molecular flexibility index (Phi) is 6.29. The maximum absolute atomic E-state index is 13.0. The number of hydrogen-bond donors (Lipinski definition) is 1. The van der Waals surface area contributed by atoms with Gasteiger partial charge in [-0.3, -0.25) is 9.83 Å². The van der Waals surface area contributed by atoms with E-state index >= 15 is 0 Å². The standard InChI is InChI=1S/C22H18ClF3N4O2/c1-13-5-6-14(19(23)7-13)8-16-12-31-30-21(29-16)18-10-27-28-11-20(18)32-17-4-2-3-15(9-17)22(24,25)26/h2-7,9-11,16H,8,12H2,1H3,(H,29,30). The number of hydroxylamine groups is 1. The topological polar surface area (TPSA) is 68.6 Å². The van der Waals surface area contributed by atoms with Gasteiger partial charge in [0.05, 0.1) is 36.2 Å². The van der Waals surface area contributed by atoms with Crippen LogP contribution in [0.25, 0.3) is 0 Å².